The van der Waals surface area contributed by atoms with Crippen LogP contribution < -0.4 is 15.4 Å². The molecule has 28 heavy (non-hydrogen) atoms. The average molecular weight is 441 g/mol. The van der Waals surface area contributed by atoms with Gasteiger partial charge in [0, 0.05) is 5.02 Å². The number of hydrogen-bond donors (Lipinski definition) is 3. The highest BCUT2D eigenvalue weighted by Crippen LogP contribution is 2.29. The monoisotopic (exact) mass is 440 g/mol. The van der Waals surface area contributed by atoms with Crippen LogP contribution in [0.1, 0.15) is 38.7 Å². The van der Waals surface area contributed by atoms with E-state index in [1.54, 1.807) is 25.1 Å². The van der Waals surface area contributed by atoms with E-state index in [4.69, 9.17) is 40.2 Å². The maximum absolute atomic E-state index is 12.3. The predicted molar refractivity (Wildman–Crippen MR) is 118 cm³/mol. The molecule has 8 heteroatoms. The van der Waals surface area contributed by atoms with Crippen LogP contribution >= 0.6 is 35.4 Å². The molecule has 0 aliphatic heterocycles. The molecule has 2 atom stereocenters. The fraction of sp³-hybridized carbons (Fsp3) is 0.300. The van der Waals surface area contributed by atoms with Gasteiger partial charge in [0.1, 0.15) is 11.5 Å². The number of nitrogens with one attached hydrogen (secondary N) is 2. The number of rotatable bonds is 6. The second kappa shape index (κ2) is 9.96. The van der Waals surface area contributed by atoms with Crippen molar-refractivity contribution in [1.29, 1.82) is 0 Å². The molecule has 2 rings (SSSR count). The first-order valence-electron chi connectivity index (χ1n) is 8.77. The molecular weight excluding hydrogens is 419 g/mol. The van der Waals surface area contributed by atoms with Gasteiger partial charge in [0.25, 0.3) is 5.91 Å². The molecule has 0 heterocycles. The third kappa shape index (κ3) is 5.99. The summed E-state index contributed by atoms with van der Waals surface area (Å²) in [5.41, 5.74) is 1.49. The smallest absolute Gasteiger partial charge is 0.266 e. The lowest BCUT2D eigenvalue weighted by atomic mass is 9.98. The Kier molecular flexibility index (Phi) is 7.92. The SMILES string of the molecule is CCC(C)c1ccc(O)c(NC(=S)NC(=O)C(C)Oc2ccc(Cl)cc2Cl)c1. The molecule has 0 aliphatic rings. The molecule has 2 aromatic carbocycles. The van der Waals surface area contributed by atoms with E-state index < -0.39 is 12.0 Å². The largest absolute Gasteiger partial charge is 0.506 e. The Hall–Kier alpha value is -2.02. The lowest BCUT2D eigenvalue weighted by molar-refractivity contribution is -0.125. The van der Waals surface area contributed by atoms with Gasteiger partial charge in [-0.05, 0) is 67.4 Å². The summed E-state index contributed by atoms with van der Waals surface area (Å²) in [6, 6.07) is 10.0. The molecule has 1 amide bonds. The number of benzene rings is 2. The van der Waals surface area contributed by atoms with Gasteiger partial charge >= 0.3 is 0 Å². The second-order valence-corrected chi connectivity index (χ2v) is 7.62. The molecular formula is C20H22Cl2N2O3S. The molecule has 3 N–H and O–H groups in total. The van der Waals surface area contributed by atoms with Crippen LogP contribution in [0.2, 0.25) is 10.0 Å². The van der Waals surface area contributed by atoms with Gasteiger partial charge in [-0.1, -0.05) is 43.1 Å². The highest BCUT2D eigenvalue weighted by atomic mass is 35.5. The van der Waals surface area contributed by atoms with E-state index >= 15 is 0 Å². The van der Waals surface area contributed by atoms with Crippen molar-refractivity contribution in [2.75, 3.05) is 5.32 Å². The molecule has 0 bridgehead atoms. The first-order chi connectivity index (χ1) is 13.2. The standard InChI is InChI=1S/C20H22Cl2N2O3S/c1-4-11(2)13-5-7-17(25)16(9-13)23-20(28)24-19(26)12(3)27-18-8-6-14(21)10-15(18)22/h5-12,25H,4H2,1-3H3,(H2,23,24,26,28). The number of hydrogen-bond acceptors (Lipinski definition) is 4. The highest BCUT2D eigenvalue weighted by molar-refractivity contribution is 7.80. The average Bonchev–Trinajstić information content (AvgIpc) is 2.64. The first-order valence-corrected chi connectivity index (χ1v) is 9.94. The fourth-order valence-electron chi connectivity index (χ4n) is 2.38. The minimum Gasteiger partial charge on any atom is -0.506 e. The van der Waals surface area contributed by atoms with Crippen LogP contribution in [0.15, 0.2) is 36.4 Å². The zero-order valence-electron chi connectivity index (χ0n) is 15.8. The topological polar surface area (TPSA) is 70.6 Å². The molecule has 2 unspecified atom stereocenters. The van der Waals surface area contributed by atoms with Crippen LogP contribution in [0.25, 0.3) is 0 Å². The summed E-state index contributed by atoms with van der Waals surface area (Å²) >= 11 is 17.1. The number of phenols is 1. The summed E-state index contributed by atoms with van der Waals surface area (Å²) in [4.78, 5) is 12.3. The van der Waals surface area contributed by atoms with Crippen molar-refractivity contribution >= 4 is 52.1 Å². The van der Waals surface area contributed by atoms with E-state index in [0.29, 0.717) is 27.4 Å². The summed E-state index contributed by atoms with van der Waals surface area (Å²) < 4.78 is 5.56. The maximum Gasteiger partial charge on any atom is 0.266 e. The van der Waals surface area contributed by atoms with Gasteiger partial charge in [-0.2, -0.15) is 0 Å². The van der Waals surface area contributed by atoms with Crippen molar-refractivity contribution < 1.29 is 14.6 Å². The zero-order valence-corrected chi connectivity index (χ0v) is 18.1. The van der Waals surface area contributed by atoms with E-state index in [-0.39, 0.29) is 10.9 Å². The number of amides is 1. The van der Waals surface area contributed by atoms with Crippen LogP contribution in [-0.2, 0) is 4.79 Å². The van der Waals surface area contributed by atoms with Crippen molar-refractivity contribution in [3.63, 3.8) is 0 Å². The van der Waals surface area contributed by atoms with Crippen LogP contribution in [0.3, 0.4) is 0 Å². The molecule has 150 valence electrons. The lowest BCUT2D eigenvalue weighted by Gasteiger charge is -2.17. The Morgan fingerprint density at radius 2 is 1.93 bits per heavy atom. The van der Waals surface area contributed by atoms with Gasteiger partial charge in [0.15, 0.2) is 11.2 Å². The molecule has 0 saturated carbocycles. The second-order valence-electron chi connectivity index (χ2n) is 6.36. The Balaban J connectivity index is 1.99. The summed E-state index contributed by atoms with van der Waals surface area (Å²) in [5.74, 6) is 0.260. The number of carbonyl (C=O) groups is 1. The minimum atomic E-state index is -0.849. The quantitative estimate of drug-likeness (QED) is 0.408. The molecule has 0 radical (unpaired) electrons. The van der Waals surface area contributed by atoms with Gasteiger partial charge in [0.05, 0.1) is 10.7 Å². The number of anilines is 1. The van der Waals surface area contributed by atoms with E-state index in [9.17, 15) is 9.90 Å². The molecule has 2 aromatic rings. The van der Waals surface area contributed by atoms with Gasteiger partial charge in [0.2, 0.25) is 0 Å². The predicted octanol–water partition coefficient (Wildman–Crippen LogP) is 5.49. The number of ether oxygens (including phenoxy) is 1. The van der Waals surface area contributed by atoms with E-state index in [1.807, 2.05) is 12.1 Å². The van der Waals surface area contributed by atoms with Gasteiger partial charge < -0.3 is 15.2 Å². The highest BCUT2D eigenvalue weighted by Gasteiger charge is 2.18. The normalized spacial score (nSPS) is 12.8. The molecule has 5 nitrogen and oxygen atoms in total. The van der Waals surface area contributed by atoms with Gasteiger partial charge in [-0.15, -0.1) is 0 Å². The lowest BCUT2D eigenvalue weighted by Crippen LogP contribution is -2.42. The number of carbonyl (C=O) groups excluding carboxylic acids is 1. The molecule has 0 aromatic heterocycles. The number of phenolic OH excluding ortho intramolecular Hbond substituents is 1. The third-order valence-corrected chi connectivity index (χ3v) is 4.99. The maximum atomic E-state index is 12.3. The van der Waals surface area contributed by atoms with Crippen LogP contribution in [0.5, 0.6) is 11.5 Å². The molecule has 0 aliphatic carbocycles. The Morgan fingerprint density at radius 1 is 1.21 bits per heavy atom. The Morgan fingerprint density at radius 3 is 2.57 bits per heavy atom. The van der Waals surface area contributed by atoms with Gasteiger partial charge in [-0.3, -0.25) is 10.1 Å². The summed E-state index contributed by atoms with van der Waals surface area (Å²) in [6.45, 7) is 5.75. The summed E-state index contributed by atoms with van der Waals surface area (Å²) in [6.07, 6.45) is 0.117. The summed E-state index contributed by atoms with van der Waals surface area (Å²) in [5, 5.41) is 16.3. The van der Waals surface area contributed by atoms with Crippen molar-refractivity contribution in [2.45, 2.75) is 39.2 Å². The van der Waals surface area contributed by atoms with Crippen molar-refractivity contribution in [1.82, 2.24) is 5.32 Å². The van der Waals surface area contributed by atoms with Crippen molar-refractivity contribution in [3.05, 3.63) is 52.0 Å². The van der Waals surface area contributed by atoms with E-state index in [0.717, 1.165) is 12.0 Å². The minimum absolute atomic E-state index is 0.0425. The Bertz CT molecular complexity index is 877. The first kappa shape index (κ1) is 22.3. The molecule has 0 saturated heterocycles. The summed E-state index contributed by atoms with van der Waals surface area (Å²) in [7, 11) is 0. The fourth-order valence-corrected chi connectivity index (χ4v) is 3.04. The Labute approximate surface area is 180 Å². The molecule has 0 fully saturated rings. The van der Waals surface area contributed by atoms with Crippen LogP contribution in [0, 0.1) is 0 Å². The number of halogens is 2. The van der Waals surface area contributed by atoms with Crippen molar-refractivity contribution in [3.8, 4) is 11.5 Å². The van der Waals surface area contributed by atoms with E-state index in [1.165, 1.54) is 6.07 Å². The third-order valence-electron chi connectivity index (χ3n) is 4.25. The van der Waals surface area contributed by atoms with Gasteiger partial charge in [-0.25, -0.2) is 0 Å². The number of thiocarbonyl (C=S) groups is 1. The van der Waals surface area contributed by atoms with Crippen LogP contribution in [-0.4, -0.2) is 22.2 Å². The zero-order chi connectivity index (χ0) is 20.8. The molecule has 0 spiro atoms. The van der Waals surface area contributed by atoms with Crippen molar-refractivity contribution in [2.24, 2.45) is 0 Å². The number of aromatic hydroxyl groups is 1. The van der Waals surface area contributed by atoms with Crippen LogP contribution in [0.4, 0.5) is 5.69 Å². The van der Waals surface area contributed by atoms with E-state index in [2.05, 4.69) is 24.5 Å².